The number of urea groups is 1. The van der Waals surface area contributed by atoms with Crippen molar-refractivity contribution in [2.24, 2.45) is 0 Å². The minimum Gasteiger partial charge on any atom is -0.489 e. The van der Waals surface area contributed by atoms with E-state index in [1.807, 2.05) is 33.8 Å². The van der Waals surface area contributed by atoms with Crippen molar-refractivity contribution < 1.29 is 32.2 Å². The largest absolute Gasteiger partial charge is 0.489 e. The maximum Gasteiger partial charge on any atom is 0.417 e. The van der Waals surface area contributed by atoms with E-state index in [2.05, 4.69) is 46.3 Å². The van der Waals surface area contributed by atoms with Gasteiger partial charge in [-0.3, -0.25) is 20.0 Å². The predicted octanol–water partition coefficient (Wildman–Crippen LogP) is 8.56. The standard InChI is InChI=1S/C41H51BrF3N7O5/c1-5-28-24-57-39-34(51(28)6-2)13-12-33-38(39)30(41(43,44)45)19-37(53)52(33)15-11-9-7-8-10-14-50-16-17-55-29(23-50)25-56-35-18-26(3)31(42)20-32(35)48-40(54)49-36-22-46-27(4)21-47-36/h12-13,18-22,28-29H,5-11,14-17,23-25H2,1-4H3,(H2,47,48,49,54)/t28-,29+/m1/s1. The van der Waals surface area contributed by atoms with Crippen molar-refractivity contribution in [1.82, 2.24) is 19.4 Å². The molecule has 2 aromatic heterocycles. The van der Waals surface area contributed by atoms with Crippen molar-refractivity contribution in [2.75, 3.05) is 61.5 Å². The maximum atomic E-state index is 14.3. The number of carbonyl (C=O) groups excluding carboxylic acids is 1. The monoisotopic (exact) mass is 857 g/mol. The number of nitrogens with zero attached hydrogens (tertiary/aromatic N) is 5. The Balaban J connectivity index is 0.979. The summed E-state index contributed by atoms with van der Waals surface area (Å²) in [5, 5.41) is 5.49. The van der Waals surface area contributed by atoms with Gasteiger partial charge in [0.05, 0.1) is 58.6 Å². The van der Waals surface area contributed by atoms with Gasteiger partial charge in [0, 0.05) is 36.7 Å². The summed E-state index contributed by atoms with van der Waals surface area (Å²) >= 11 is 3.54. The number of unbranched alkanes of at least 4 members (excludes halogenated alkanes) is 4. The highest BCUT2D eigenvalue weighted by atomic mass is 79.9. The predicted molar refractivity (Wildman–Crippen MR) is 219 cm³/mol. The summed E-state index contributed by atoms with van der Waals surface area (Å²) in [4.78, 5) is 38.6. The quantitative estimate of drug-likeness (QED) is 0.113. The average molecular weight is 859 g/mol. The van der Waals surface area contributed by atoms with Gasteiger partial charge in [0.1, 0.15) is 25.1 Å². The van der Waals surface area contributed by atoms with Crippen molar-refractivity contribution in [3.63, 3.8) is 0 Å². The van der Waals surface area contributed by atoms with E-state index in [1.165, 1.54) is 10.8 Å². The molecular weight excluding hydrogens is 807 g/mol. The number of fused-ring (bicyclic) bond motifs is 3. The minimum absolute atomic E-state index is 0.0390. The SMILES string of the molecule is CC[C@@H]1COc2c(ccc3c2c(C(F)(F)F)cc(=O)n3CCCCCCCN2CCO[C@H](COc3cc(C)c(Br)cc3NC(=O)Nc3cnc(C)cn3)C2)N1CC. The van der Waals surface area contributed by atoms with Crippen molar-refractivity contribution in [1.29, 1.82) is 0 Å². The van der Waals surface area contributed by atoms with Crippen molar-refractivity contribution in [2.45, 2.75) is 91.1 Å². The zero-order valence-corrected chi connectivity index (χ0v) is 34.5. The lowest BCUT2D eigenvalue weighted by Crippen LogP contribution is -2.45. The third kappa shape index (κ3) is 10.4. The number of morpholine rings is 1. The van der Waals surface area contributed by atoms with Crippen LogP contribution in [0.3, 0.4) is 0 Å². The van der Waals surface area contributed by atoms with E-state index in [0.717, 1.165) is 67.0 Å². The van der Waals surface area contributed by atoms with Gasteiger partial charge in [-0.15, -0.1) is 0 Å². The third-order valence-corrected chi connectivity index (χ3v) is 11.4. The first-order chi connectivity index (χ1) is 27.4. The number of likely N-dealkylation sites (N-methyl/N-ethyl adjacent to an activating group) is 1. The third-order valence-electron chi connectivity index (χ3n) is 10.5. The number of amides is 2. The summed E-state index contributed by atoms with van der Waals surface area (Å²) in [5.41, 5.74) is 1.48. The smallest absolute Gasteiger partial charge is 0.417 e. The highest BCUT2D eigenvalue weighted by Gasteiger charge is 2.38. The van der Waals surface area contributed by atoms with E-state index >= 15 is 0 Å². The number of nitrogens with one attached hydrogen (secondary N) is 2. The van der Waals surface area contributed by atoms with Crippen LogP contribution in [0.5, 0.6) is 11.5 Å². The van der Waals surface area contributed by atoms with E-state index in [-0.39, 0.29) is 28.8 Å². The van der Waals surface area contributed by atoms with Crippen LogP contribution in [0.25, 0.3) is 10.9 Å². The number of carbonyl (C=O) groups is 1. The molecule has 4 heterocycles. The molecule has 1 fully saturated rings. The molecule has 0 radical (unpaired) electrons. The number of pyridine rings is 1. The second kappa shape index (κ2) is 18.9. The molecule has 0 unspecified atom stereocenters. The van der Waals surface area contributed by atoms with Crippen molar-refractivity contribution in [3.05, 3.63) is 74.4 Å². The Hall–Kier alpha value is -4.41. The molecule has 2 aliphatic heterocycles. The molecular formula is C41H51BrF3N7O5. The zero-order chi connectivity index (χ0) is 40.7. The first kappa shape index (κ1) is 42.2. The van der Waals surface area contributed by atoms with Crippen LogP contribution in [0, 0.1) is 13.8 Å². The number of alkyl halides is 3. The number of hydrogen-bond donors (Lipinski definition) is 2. The van der Waals surface area contributed by atoms with Crippen LogP contribution in [0.4, 0.5) is 35.2 Å². The number of halogens is 4. The molecule has 0 bridgehead atoms. The molecule has 12 nitrogen and oxygen atoms in total. The fourth-order valence-electron chi connectivity index (χ4n) is 7.50. The summed E-state index contributed by atoms with van der Waals surface area (Å²) in [7, 11) is 0. The molecule has 2 N–H and O–H groups in total. The van der Waals surface area contributed by atoms with Crippen LogP contribution in [-0.2, 0) is 17.5 Å². The van der Waals surface area contributed by atoms with Crippen LogP contribution < -0.4 is 30.6 Å². The van der Waals surface area contributed by atoms with E-state index in [4.69, 9.17) is 14.2 Å². The Kier molecular flexibility index (Phi) is 14.0. The second-order valence-corrected chi connectivity index (χ2v) is 15.5. The average Bonchev–Trinajstić information content (AvgIpc) is 3.18. The lowest BCUT2D eigenvalue weighted by Gasteiger charge is -2.38. The second-order valence-electron chi connectivity index (χ2n) is 14.6. The molecule has 1 saturated heterocycles. The molecule has 2 amide bonds. The first-order valence-corrected chi connectivity index (χ1v) is 20.5. The fraction of sp³-hybridized carbons (Fsp3) is 0.512. The normalized spacial score (nSPS) is 17.3. The Labute approximate surface area is 339 Å². The van der Waals surface area contributed by atoms with Gasteiger partial charge in [0.25, 0.3) is 5.56 Å². The van der Waals surface area contributed by atoms with Crippen LogP contribution in [-0.4, -0.2) is 83.6 Å². The molecule has 0 aliphatic carbocycles. The van der Waals surface area contributed by atoms with Gasteiger partial charge < -0.3 is 29.0 Å². The molecule has 2 aliphatic rings. The van der Waals surface area contributed by atoms with Crippen LogP contribution in [0.1, 0.15) is 69.2 Å². The first-order valence-electron chi connectivity index (χ1n) is 19.7. The number of aryl methyl sites for hydroxylation is 3. The maximum absolute atomic E-state index is 14.3. The van der Waals surface area contributed by atoms with Gasteiger partial charge in [-0.2, -0.15) is 13.2 Å². The van der Waals surface area contributed by atoms with E-state index in [1.54, 1.807) is 24.4 Å². The Bertz CT molecular complexity index is 2080. The fourth-order valence-corrected chi connectivity index (χ4v) is 7.84. The number of rotatable bonds is 15. The van der Waals surface area contributed by atoms with Crippen molar-refractivity contribution in [3.8, 4) is 11.5 Å². The number of hydrogen-bond acceptors (Lipinski definition) is 9. The van der Waals surface area contributed by atoms with E-state index in [9.17, 15) is 22.8 Å². The Morgan fingerprint density at radius 1 is 1.02 bits per heavy atom. The summed E-state index contributed by atoms with van der Waals surface area (Å²) in [5.74, 6) is 1.06. The van der Waals surface area contributed by atoms with Crippen LogP contribution in [0.15, 0.2) is 52.0 Å². The van der Waals surface area contributed by atoms with Gasteiger partial charge in [0.2, 0.25) is 0 Å². The lowest BCUT2D eigenvalue weighted by molar-refractivity contribution is -0.136. The number of benzene rings is 2. The van der Waals surface area contributed by atoms with Gasteiger partial charge >= 0.3 is 12.2 Å². The van der Waals surface area contributed by atoms with Gasteiger partial charge in [-0.25, -0.2) is 9.78 Å². The topological polar surface area (TPSA) is 123 Å². The minimum atomic E-state index is -4.70. The molecule has 6 rings (SSSR count). The summed E-state index contributed by atoms with van der Waals surface area (Å²) < 4.78 is 63.4. The summed E-state index contributed by atoms with van der Waals surface area (Å²) in [6.45, 7) is 12.3. The molecule has 2 atom stereocenters. The Morgan fingerprint density at radius 3 is 2.51 bits per heavy atom. The molecule has 308 valence electrons. The molecule has 0 spiro atoms. The highest BCUT2D eigenvalue weighted by Crippen LogP contribution is 2.45. The van der Waals surface area contributed by atoms with Crippen molar-refractivity contribution >= 4 is 50.1 Å². The zero-order valence-electron chi connectivity index (χ0n) is 32.9. The molecule has 0 saturated carbocycles. The Morgan fingerprint density at radius 2 is 1.79 bits per heavy atom. The van der Waals surface area contributed by atoms with Crippen LogP contribution >= 0.6 is 15.9 Å². The van der Waals surface area contributed by atoms with Gasteiger partial charge in [-0.1, -0.05) is 42.1 Å². The van der Waals surface area contributed by atoms with Gasteiger partial charge in [-0.05, 0) is 76.4 Å². The molecule has 4 aromatic rings. The number of ether oxygens (including phenoxy) is 3. The highest BCUT2D eigenvalue weighted by molar-refractivity contribution is 9.10. The molecule has 16 heteroatoms. The van der Waals surface area contributed by atoms with E-state index < -0.39 is 23.3 Å². The summed E-state index contributed by atoms with van der Waals surface area (Å²) in [6.07, 6.45) is 3.44. The number of aromatic nitrogens is 3. The molecule has 57 heavy (non-hydrogen) atoms. The molecule has 2 aromatic carbocycles. The van der Waals surface area contributed by atoms with Crippen LogP contribution in [0.2, 0.25) is 0 Å². The number of anilines is 3. The summed E-state index contributed by atoms with van der Waals surface area (Å²) in [6, 6.07) is 7.43. The van der Waals surface area contributed by atoms with Gasteiger partial charge in [0.15, 0.2) is 11.6 Å². The van der Waals surface area contributed by atoms with E-state index in [0.29, 0.717) is 68.8 Å². The lowest BCUT2D eigenvalue weighted by atomic mass is 10.0.